The van der Waals surface area contributed by atoms with E-state index in [2.05, 4.69) is 27.3 Å². The maximum absolute atomic E-state index is 12.7. The summed E-state index contributed by atoms with van der Waals surface area (Å²) in [5, 5.41) is 7.25. The number of nitrogens with one attached hydrogen (secondary N) is 1. The van der Waals surface area contributed by atoms with Crippen molar-refractivity contribution >= 4 is 11.8 Å². The van der Waals surface area contributed by atoms with Gasteiger partial charge in [-0.1, -0.05) is 6.07 Å². The third kappa shape index (κ3) is 3.85. The first kappa shape index (κ1) is 17.7. The summed E-state index contributed by atoms with van der Waals surface area (Å²) in [6.45, 7) is 3.94. The molecule has 4 rings (SSSR count). The van der Waals surface area contributed by atoms with Crippen LogP contribution in [0.2, 0.25) is 0 Å². The molecule has 0 unspecified atom stereocenters. The Morgan fingerprint density at radius 1 is 1.26 bits per heavy atom. The van der Waals surface area contributed by atoms with Gasteiger partial charge in [-0.2, -0.15) is 5.10 Å². The molecule has 0 aliphatic carbocycles. The van der Waals surface area contributed by atoms with Gasteiger partial charge in [-0.25, -0.2) is 0 Å². The molecule has 142 valence electrons. The van der Waals surface area contributed by atoms with Crippen molar-refractivity contribution in [2.75, 3.05) is 26.7 Å². The molecule has 2 aromatic heterocycles. The number of hydrogen-bond acceptors (Lipinski definition) is 5. The molecule has 1 N–H and O–H groups in total. The van der Waals surface area contributed by atoms with E-state index in [4.69, 9.17) is 0 Å². The van der Waals surface area contributed by atoms with E-state index in [1.165, 1.54) is 0 Å². The Hall–Kier alpha value is -2.74. The van der Waals surface area contributed by atoms with E-state index in [0.29, 0.717) is 31.9 Å². The van der Waals surface area contributed by atoms with E-state index in [1.807, 2.05) is 27.8 Å². The number of hydrogen-bond donors (Lipinski definition) is 1. The fourth-order valence-electron chi connectivity index (χ4n) is 3.72. The third-order valence-corrected chi connectivity index (χ3v) is 5.24. The van der Waals surface area contributed by atoms with Crippen LogP contribution < -0.4 is 5.32 Å². The number of amides is 2. The van der Waals surface area contributed by atoms with Gasteiger partial charge in [0.15, 0.2) is 5.69 Å². The van der Waals surface area contributed by atoms with Crippen molar-refractivity contribution in [1.82, 2.24) is 29.9 Å². The van der Waals surface area contributed by atoms with E-state index in [-0.39, 0.29) is 17.7 Å². The largest absolute Gasteiger partial charge is 0.345 e. The highest BCUT2D eigenvalue weighted by Gasteiger charge is 2.32. The minimum atomic E-state index is -0.224. The van der Waals surface area contributed by atoms with Crippen LogP contribution in [-0.2, 0) is 24.4 Å². The lowest BCUT2D eigenvalue weighted by molar-refractivity contribution is -0.136. The molecule has 0 aromatic carbocycles. The Morgan fingerprint density at radius 2 is 2.15 bits per heavy atom. The SMILES string of the molecule is CN1CC[C@H](C(=O)N2CCn3nc(C(=O)NCc4ccccn4)cc3C2)C1. The van der Waals surface area contributed by atoms with E-state index in [1.54, 1.807) is 12.3 Å². The summed E-state index contributed by atoms with van der Waals surface area (Å²) in [5.41, 5.74) is 2.09. The van der Waals surface area contributed by atoms with E-state index >= 15 is 0 Å². The van der Waals surface area contributed by atoms with Crippen LogP contribution in [0.4, 0.5) is 0 Å². The molecular formula is C19H24N6O2. The molecule has 0 bridgehead atoms. The van der Waals surface area contributed by atoms with Gasteiger partial charge in [0, 0.05) is 19.3 Å². The predicted octanol–water partition coefficient (Wildman–Crippen LogP) is 0.502. The molecule has 27 heavy (non-hydrogen) atoms. The fraction of sp³-hybridized carbons (Fsp3) is 0.474. The highest BCUT2D eigenvalue weighted by Crippen LogP contribution is 2.21. The topological polar surface area (TPSA) is 83.4 Å². The lowest BCUT2D eigenvalue weighted by Crippen LogP contribution is -2.42. The molecule has 0 spiro atoms. The van der Waals surface area contributed by atoms with Crippen LogP contribution in [0.5, 0.6) is 0 Å². The summed E-state index contributed by atoms with van der Waals surface area (Å²) in [7, 11) is 2.05. The van der Waals surface area contributed by atoms with Crippen LogP contribution in [0.15, 0.2) is 30.5 Å². The normalized spacial score (nSPS) is 19.7. The third-order valence-electron chi connectivity index (χ3n) is 5.24. The highest BCUT2D eigenvalue weighted by atomic mass is 16.2. The first-order chi connectivity index (χ1) is 13.1. The molecule has 8 nitrogen and oxygen atoms in total. The van der Waals surface area contributed by atoms with Crippen molar-refractivity contribution in [3.05, 3.63) is 47.5 Å². The molecule has 1 saturated heterocycles. The summed E-state index contributed by atoms with van der Waals surface area (Å²) in [5.74, 6) is 0.0800. The Balaban J connectivity index is 1.38. The second kappa shape index (κ2) is 7.48. The number of likely N-dealkylation sites (tertiary alicyclic amines) is 1. The van der Waals surface area contributed by atoms with Gasteiger partial charge >= 0.3 is 0 Å². The number of rotatable bonds is 4. The van der Waals surface area contributed by atoms with Crippen molar-refractivity contribution in [2.45, 2.75) is 26.1 Å². The quantitative estimate of drug-likeness (QED) is 0.850. The number of nitrogens with zero attached hydrogens (tertiary/aromatic N) is 5. The zero-order chi connectivity index (χ0) is 18.8. The first-order valence-electron chi connectivity index (χ1n) is 9.32. The second-order valence-corrected chi connectivity index (χ2v) is 7.26. The molecule has 1 fully saturated rings. The summed E-state index contributed by atoms with van der Waals surface area (Å²) >= 11 is 0. The van der Waals surface area contributed by atoms with E-state index in [9.17, 15) is 9.59 Å². The van der Waals surface area contributed by atoms with Gasteiger partial charge in [0.1, 0.15) is 0 Å². The van der Waals surface area contributed by atoms with Crippen LogP contribution in [0.3, 0.4) is 0 Å². The molecule has 2 aliphatic rings. The summed E-state index contributed by atoms with van der Waals surface area (Å²) < 4.78 is 1.83. The number of aromatic nitrogens is 3. The van der Waals surface area contributed by atoms with Crippen LogP contribution in [0, 0.1) is 5.92 Å². The monoisotopic (exact) mass is 368 g/mol. The van der Waals surface area contributed by atoms with Gasteiger partial charge < -0.3 is 15.1 Å². The standard InChI is InChI=1S/C19H24N6O2/c1-23-7-5-14(12-23)19(27)24-8-9-25-16(13-24)10-17(22-25)18(26)21-11-15-4-2-3-6-20-15/h2-4,6,10,14H,5,7-9,11-13H2,1H3,(H,21,26)/t14-/m0/s1. The average molecular weight is 368 g/mol. The zero-order valence-electron chi connectivity index (χ0n) is 15.5. The van der Waals surface area contributed by atoms with Crippen LogP contribution in [0.1, 0.15) is 28.3 Å². The Morgan fingerprint density at radius 3 is 2.89 bits per heavy atom. The number of fused-ring (bicyclic) bond motifs is 1. The smallest absolute Gasteiger partial charge is 0.272 e. The molecule has 2 amide bonds. The number of carbonyl (C=O) groups is 2. The lowest BCUT2D eigenvalue weighted by atomic mass is 10.1. The second-order valence-electron chi connectivity index (χ2n) is 7.26. The van der Waals surface area contributed by atoms with E-state index in [0.717, 1.165) is 30.9 Å². The summed E-state index contributed by atoms with van der Waals surface area (Å²) in [6.07, 6.45) is 2.62. The molecular weight excluding hydrogens is 344 g/mol. The van der Waals surface area contributed by atoms with Crippen molar-refractivity contribution in [3.8, 4) is 0 Å². The zero-order valence-corrected chi connectivity index (χ0v) is 15.5. The van der Waals surface area contributed by atoms with Crippen molar-refractivity contribution in [2.24, 2.45) is 5.92 Å². The van der Waals surface area contributed by atoms with Gasteiger partial charge in [-0.3, -0.25) is 19.3 Å². The number of pyridine rings is 1. The number of carbonyl (C=O) groups excluding carboxylic acids is 2. The molecule has 0 radical (unpaired) electrons. The average Bonchev–Trinajstić information content (AvgIpc) is 3.32. The highest BCUT2D eigenvalue weighted by molar-refractivity contribution is 5.92. The summed E-state index contributed by atoms with van der Waals surface area (Å²) in [4.78, 5) is 33.4. The predicted molar refractivity (Wildman–Crippen MR) is 98.7 cm³/mol. The first-order valence-corrected chi connectivity index (χ1v) is 9.32. The van der Waals surface area contributed by atoms with Crippen LogP contribution in [0.25, 0.3) is 0 Å². The maximum atomic E-state index is 12.7. The molecule has 2 aliphatic heterocycles. The molecule has 8 heteroatoms. The van der Waals surface area contributed by atoms with Gasteiger partial charge in [-0.05, 0) is 38.2 Å². The minimum absolute atomic E-state index is 0.0885. The van der Waals surface area contributed by atoms with Gasteiger partial charge in [0.25, 0.3) is 5.91 Å². The lowest BCUT2D eigenvalue weighted by Gasteiger charge is -2.29. The fourth-order valence-corrected chi connectivity index (χ4v) is 3.72. The van der Waals surface area contributed by atoms with Crippen molar-refractivity contribution in [1.29, 1.82) is 0 Å². The Labute approximate surface area is 158 Å². The molecule has 4 heterocycles. The molecule has 2 aromatic rings. The summed E-state index contributed by atoms with van der Waals surface area (Å²) in [6, 6.07) is 7.37. The van der Waals surface area contributed by atoms with Crippen molar-refractivity contribution in [3.63, 3.8) is 0 Å². The minimum Gasteiger partial charge on any atom is -0.345 e. The van der Waals surface area contributed by atoms with Gasteiger partial charge in [0.05, 0.1) is 36.9 Å². The Kier molecular flexibility index (Phi) is 4.89. The van der Waals surface area contributed by atoms with Crippen LogP contribution in [-0.4, -0.2) is 63.1 Å². The Bertz CT molecular complexity index is 834. The van der Waals surface area contributed by atoms with Crippen LogP contribution >= 0.6 is 0 Å². The van der Waals surface area contributed by atoms with Crippen molar-refractivity contribution < 1.29 is 9.59 Å². The van der Waals surface area contributed by atoms with Gasteiger partial charge in [0.2, 0.25) is 5.91 Å². The van der Waals surface area contributed by atoms with Gasteiger partial charge in [-0.15, -0.1) is 0 Å². The van der Waals surface area contributed by atoms with E-state index < -0.39 is 0 Å². The maximum Gasteiger partial charge on any atom is 0.272 e. The molecule has 1 atom stereocenters. The molecule has 0 saturated carbocycles.